The Morgan fingerprint density at radius 1 is 0.618 bits per heavy atom. The van der Waals surface area contributed by atoms with E-state index in [0.717, 1.165) is 51.4 Å². The SMILES string of the molecule is CCC/C=C/CC/C=C/CC/C=C/C(O)C(COC1OC(CO)C(O)C(O)C1O)NC(=O)C(O)CCCCCCCCCCCCCCCCCCCCC. The van der Waals surface area contributed by atoms with Crippen LogP contribution in [0.25, 0.3) is 0 Å². The summed E-state index contributed by atoms with van der Waals surface area (Å²) in [6, 6.07) is -0.999. The van der Waals surface area contributed by atoms with Gasteiger partial charge in [-0.25, -0.2) is 0 Å². The minimum atomic E-state index is -1.62. The zero-order chi connectivity index (χ0) is 40.4. The Morgan fingerprint density at radius 2 is 1.07 bits per heavy atom. The van der Waals surface area contributed by atoms with Crippen LogP contribution in [0.15, 0.2) is 36.5 Å². The quantitative estimate of drug-likeness (QED) is 0.0247. The van der Waals surface area contributed by atoms with E-state index in [9.17, 15) is 35.4 Å². The fraction of sp³-hybridized carbons (Fsp3) is 0.844. The van der Waals surface area contributed by atoms with Gasteiger partial charge in [-0.15, -0.1) is 0 Å². The second-order valence-electron chi connectivity index (χ2n) is 15.6. The predicted molar refractivity (Wildman–Crippen MR) is 222 cm³/mol. The number of amides is 1. The smallest absolute Gasteiger partial charge is 0.249 e. The Hall–Kier alpha value is -1.63. The van der Waals surface area contributed by atoms with Gasteiger partial charge in [0.1, 0.15) is 30.5 Å². The molecular formula is C45H83NO9. The molecule has 1 aliphatic rings. The first kappa shape index (κ1) is 51.4. The van der Waals surface area contributed by atoms with Crippen LogP contribution in [0.4, 0.5) is 0 Å². The predicted octanol–water partition coefficient (Wildman–Crippen LogP) is 7.86. The van der Waals surface area contributed by atoms with E-state index in [0.29, 0.717) is 19.3 Å². The highest BCUT2D eigenvalue weighted by molar-refractivity contribution is 5.80. The summed E-state index contributed by atoms with van der Waals surface area (Å²) in [6.45, 7) is 3.50. The molecule has 0 radical (unpaired) electrons. The van der Waals surface area contributed by atoms with Crippen molar-refractivity contribution in [2.75, 3.05) is 13.2 Å². The minimum Gasteiger partial charge on any atom is -0.394 e. The number of allylic oxidation sites excluding steroid dienone is 5. The van der Waals surface area contributed by atoms with Crippen LogP contribution in [-0.4, -0.2) is 98.7 Å². The molecule has 1 heterocycles. The lowest BCUT2D eigenvalue weighted by Gasteiger charge is -2.40. The van der Waals surface area contributed by atoms with E-state index >= 15 is 0 Å². The molecule has 0 bridgehead atoms. The van der Waals surface area contributed by atoms with Gasteiger partial charge in [0, 0.05) is 0 Å². The molecule has 0 aromatic rings. The number of aliphatic hydroxyl groups is 6. The molecule has 55 heavy (non-hydrogen) atoms. The van der Waals surface area contributed by atoms with Crippen molar-refractivity contribution in [3.63, 3.8) is 0 Å². The summed E-state index contributed by atoms with van der Waals surface area (Å²) in [5, 5.41) is 64.4. The monoisotopic (exact) mass is 782 g/mol. The summed E-state index contributed by atoms with van der Waals surface area (Å²) < 4.78 is 11.1. The van der Waals surface area contributed by atoms with Gasteiger partial charge in [0.25, 0.3) is 0 Å². The number of ether oxygens (including phenoxy) is 2. The Labute approximate surface area is 334 Å². The topological polar surface area (TPSA) is 169 Å². The number of hydrogen-bond acceptors (Lipinski definition) is 9. The number of rotatable bonds is 36. The van der Waals surface area contributed by atoms with Crippen molar-refractivity contribution in [1.29, 1.82) is 0 Å². The third-order valence-electron chi connectivity index (χ3n) is 10.5. The van der Waals surface area contributed by atoms with Crippen LogP contribution in [0.3, 0.4) is 0 Å². The molecule has 1 saturated heterocycles. The standard InChI is InChI=1S/C45H83NO9/c1-3-5-7-9-11-13-15-16-17-18-19-20-21-22-24-26-28-30-32-34-39(49)44(53)46-37(36-54-45-43(52)42(51)41(50)40(35-47)55-45)38(48)33-31-29-27-25-23-14-12-10-8-6-4-2/h8,10,23,25,31,33,37-43,45,47-52H,3-7,9,11-22,24,26-30,32,34-36H2,1-2H3,(H,46,53)/b10-8+,25-23+,33-31+. The van der Waals surface area contributed by atoms with E-state index in [-0.39, 0.29) is 6.61 Å². The van der Waals surface area contributed by atoms with E-state index in [1.807, 2.05) is 6.08 Å². The molecule has 1 amide bonds. The van der Waals surface area contributed by atoms with Crippen LogP contribution in [-0.2, 0) is 14.3 Å². The van der Waals surface area contributed by atoms with Crippen molar-refractivity contribution in [3.8, 4) is 0 Å². The van der Waals surface area contributed by atoms with Crippen molar-refractivity contribution in [3.05, 3.63) is 36.5 Å². The molecule has 8 atom stereocenters. The average molecular weight is 782 g/mol. The summed E-state index contributed by atoms with van der Waals surface area (Å²) in [5.74, 6) is -0.631. The highest BCUT2D eigenvalue weighted by Gasteiger charge is 2.44. The van der Waals surface area contributed by atoms with Crippen LogP contribution in [0.5, 0.6) is 0 Å². The molecule has 8 unspecified atom stereocenters. The van der Waals surface area contributed by atoms with Gasteiger partial charge in [0.15, 0.2) is 6.29 Å². The lowest BCUT2D eigenvalue weighted by molar-refractivity contribution is -0.302. The van der Waals surface area contributed by atoms with Gasteiger partial charge >= 0.3 is 0 Å². The molecule has 0 saturated carbocycles. The number of unbranched alkanes of at least 4 members (excludes halogenated alkanes) is 21. The average Bonchev–Trinajstić information content (AvgIpc) is 3.18. The number of nitrogens with one attached hydrogen (secondary N) is 1. The van der Waals surface area contributed by atoms with Gasteiger partial charge in [0.2, 0.25) is 5.91 Å². The third kappa shape index (κ3) is 26.1. The summed E-state index contributed by atoms with van der Waals surface area (Å²) in [6.07, 6.45) is 32.4. The molecule has 0 aliphatic carbocycles. The van der Waals surface area contributed by atoms with Crippen LogP contribution in [0.1, 0.15) is 181 Å². The Balaban J connectivity index is 2.39. The van der Waals surface area contributed by atoms with Gasteiger partial charge in [-0.2, -0.15) is 0 Å². The zero-order valence-electron chi connectivity index (χ0n) is 34.8. The molecule has 10 heteroatoms. The van der Waals surface area contributed by atoms with Crippen molar-refractivity contribution in [2.24, 2.45) is 0 Å². The maximum atomic E-state index is 13.0. The first-order chi connectivity index (χ1) is 26.8. The molecule has 1 rings (SSSR count). The number of hydrogen-bond donors (Lipinski definition) is 7. The maximum Gasteiger partial charge on any atom is 0.249 e. The molecule has 0 aromatic carbocycles. The number of carbonyl (C=O) groups excluding carboxylic acids is 1. The first-order valence-corrected chi connectivity index (χ1v) is 22.3. The van der Waals surface area contributed by atoms with Gasteiger partial charge in [0.05, 0.1) is 25.4 Å². The zero-order valence-corrected chi connectivity index (χ0v) is 34.8. The molecular weight excluding hydrogens is 698 g/mol. The van der Waals surface area contributed by atoms with Crippen molar-refractivity contribution < 1.29 is 44.9 Å². The molecule has 322 valence electrons. The van der Waals surface area contributed by atoms with Crippen LogP contribution < -0.4 is 5.32 Å². The van der Waals surface area contributed by atoms with Gasteiger partial charge in [-0.1, -0.05) is 179 Å². The minimum absolute atomic E-state index is 0.303. The summed E-state index contributed by atoms with van der Waals surface area (Å²) in [4.78, 5) is 13.0. The largest absolute Gasteiger partial charge is 0.394 e. The molecule has 1 fully saturated rings. The summed E-state index contributed by atoms with van der Waals surface area (Å²) in [5.41, 5.74) is 0. The van der Waals surface area contributed by atoms with E-state index in [4.69, 9.17) is 9.47 Å². The lowest BCUT2D eigenvalue weighted by atomic mass is 9.99. The fourth-order valence-electron chi connectivity index (χ4n) is 6.85. The van der Waals surface area contributed by atoms with Crippen molar-refractivity contribution in [2.45, 2.75) is 230 Å². The van der Waals surface area contributed by atoms with Crippen molar-refractivity contribution >= 4 is 5.91 Å². The normalized spacial score (nSPS) is 22.2. The fourth-order valence-corrected chi connectivity index (χ4v) is 6.85. The second-order valence-corrected chi connectivity index (χ2v) is 15.6. The Kier molecular flexibility index (Phi) is 33.2. The van der Waals surface area contributed by atoms with Crippen LogP contribution in [0, 0.1) is 0 Å². The van der Waals surface area contributed by atoms with Gasteiger partial charge in [-0.3, -0.25) is 4.79 Å². The molecule has 7 N–H and O–H groups in total. The van der Waals surface area contributed by atoms with E-state index in [1.54, 1.807) is 6.08 Å². The molecule has 0 spiro atoms. The van der Waals surface area contributed by atoms with Crippen molar-refractivity contribution in [1.82, 2.24) is 5.32 Å². The number of carbonyl (C=O) groups is 1. The third-order valence-corrected chi connectivity index (χ3v) is 10.5. The van der Waals surface area contributed by atoms with Crippen LogP contribution in [0.2, 0.25) is 0 Å². The van der Waals surface area contributed by atoms with Crippen LogP contribution >= 0.6 is 0 Å². The Bertz CT molecular complexity index is 974. The maximum absolute atomic E-state index is 13.0. The van der Waals surface area contributed by atoms with Gasteiger partial charge < -0.3 is 45.4 Å². The van der Waals surface area contributed by atoms with E-state index in [1.165, 1.54) is 96.3 Å². The first-order valence-electron chi connectivity index (χ1n) is 22.3. The molecule has 1 aliphatic heterocycles. The molecule has 0 aromatic heterocycles. The lowest BCUT2D eigenvalue weighted by Crippen LogP contribution is -2.60. The second kappa shape index (κ2) is 35.5. The van der Waals surface area contributed by atoms with E-state index in [2.05, 4.69) is 43.5 Å². The van der Waals surface area contributed by atoms with Gasteiger partial charge in [-0.05, 0) is 38.5 Å². The number of aliphatic hydroxyl groups excluding tert-OH is 6. The molecule has 10 nitrogen and oxygen atoms in total. The highest BCUT2D eigenvalue weighted by Crippen LogP contribution is 2.22. The summed E-state index contributed by atoms with van der Waals surface area (Å²) >= 11 is 0. The summed E-state index contributed by atoms with van der Waals surface area (Å²) in [7, 11) is 0. The Morgan fingerprint density at radius 3 is 1.55 bits per heavy atom. The highest BCUT2D eigenvalue weighted by atomic mass is 16.7. The van der Waals surface area contributed by atoms with E-state index < -0.39 is 61.5 Å².